The van der Waals surface area contributed by atoms with Crippen LogP contribution >= 0.6 is 0 Å². The number of aryl methyl sites for hydroxylation is 1. The van der Waals surface area contributed by atoms with Gasteiger partial charge in [0.15, 0.2) is 5.84 Å². The quantitative estimate of drug-likeness (QED) is 0.608. The molecule has 186 valence electrons. The summed E-state index contributed by atoms with van der Waals surface area (Å²) in [4.78, 5) is 12.8. The first kappa shape index (κ1) is 25.6. The third kappa shape index (κ3) is 4.78. The zero-order valence-electron chi connectivity index (χ0n) is 21.3. The predicted molar refractivity (Wildman–Crippen MR) is 133 cm³/mol. The maximum Gasteiger partial charge on any atom is 0.226 e. The molecule has 1 unspecified atom stereocenters. The van der Waals surface area contributed by atoms with Crippen LogP contribution in [0.15, 0.2) is 35.6 Å². The third-order valence-corrected chi connectivity index (χ3v) is 6.59. The monoisotopic (exact) mass is 470 g/mol. The molecule has 1 fully saturated rings. The zero-order chi connectivity index (χ0) is 24.7. The van der Waals surface area contributed by atoms with E-state index in [1.807, 2.05) is 45.0 Å². The number of nitrogens with two attached hydrogens (primary N) is 1. The Morgan fingerprint density at radius 2 is 1.82 bits per heavy atom. The molecule has 8 heteroatoms. The molecule has 0 radical (unpaired) electrons. The first-order valence-corrected chi connectivity index (χ1v) is 12.0. The minimum absolute atomic E-state index is 0.297. The molecular weight excluding hydrogens is 432 g/mol. The number of hydrogen-bond donors (Lipinski definition) is 1. The van der Waals surface area contributed by atoms with Crippen molar-refractivity contribution in [2.24, 2.45) is 16.8 Å². The van der Waals surface area contributed by atoms with Gasteiger partial charge in [0.1, 0.15) is 11.5 Å². The summed E-state index contributed by atoms with van der Waals surface area (Å²) < 4.78 is 16.4. The lowest BCUT2D eigenvalue weighted by Crippen LogP contribution is -2.57. The summed E-state index contributed by atoms with van der Waals surface area (Å²) in [6.07, 6.45) is 6.25. The molecule has 2 aromatic rings. The van der Waals surface area contributed by atoms with Gasteiger partial charge in [-0.05, 0) is 38.0 Å². The minimum Gasteiger partial charge on any atom is -0.497 e. The second kappa shape index (κ2) is 11.4. The van der Waals surface area contributed by atoms with E-state index in [-0.39, 0.29) is 0 Å². The second-order valence-electron chi connectivity index (χ2n) is 8.35. The Bertz CT molecular complexity index is 991. The van der Waals surface area contributed by atoms with E-state index in [2.05, 4.69) is 15.0 Å². The number of nitrogens with zero attached hydrogens (tertiary/aromatic N) is 3. The van der Waals surface area contributed by atoms with Gasteiger partial charge in [-0.15, -0.1) is 0 Å². The van der Waals surface area contributed by atoms with E-state index in [0.717, 1.165) is 46.9 Å². The summed E-state index contributed by atoms with van der Waals surface area (Å²) in [6, 6.07) is 7.86. The van der Waals surface area contributed by atoms with Crippen LogP contribution in [0.1, 0.15) is 56.2 Å². The first-order chi connectivity index (χ1) is 16.6. The molecule has 0 bridgehead atoms. The zero-order valence-corrected chi connectivity index (χ0v) is 21.3. The van der Waals surface area contributed by atoms with Crippen LogP contribution in [-0.2, 0) is 11.4 Å². The molecule has 1 atom stereocenters. The van der Waals surface area contributed by atoms with Gasteiger partial charge in [0.2, 0.25) is 11.6 Å². The van der Waals surface area contributed by atoms with Crippen molar-refractivity contribution >= 4 is 5.84 Å². The van der Waals surface area contributed by atoms with Crippen LogP contribution in [-0.4, -0.2) is 49.3 Å². The summed E-state index contributed by atoms with van der Waals surface area (Å²) in [7, 11) is 4.93. The Hall–Kier alpha value is -3.00. The Labute approximate surface area is 203 Å². The molecule has 2 heterocycles. The molecule has 2 N–H and O–H groups in total. The highest BCUT2D eigenvalue weighted by Crippen LogP contribution is 2.43. The molecule has 0 saturated heterocycles. The summed E-state index contributed by atoms with van der Waals surface area (Å²) in [5, 5.41) is 4.55. The molecule has 2 aliphatic rings. The molecule has 1 saturated carbocycles. The molecule has 1 aromatic carbocycles. The summed E-state index contributed by atoms with van der Waals surface area (Å²) in [6.45, 7) is 6.84. The van der Waals surface area contributed by atoms with Crippen molar-refractivity contribution < 1.29 is 19.0 Å². The smallest absolute Gasteiger partial charge is 0.226 e. The number of aromatic nitrogens is 1. The van der Waals surface area contributed by atoms with E-state index in [0.29, 0.717) is 24.9 Å². The molecule has 1 aromatic heterocycles. The average Bonchev–Trinajstić information content (AvgIpc) is 3.54. The average molecular weight is 471 g/mol. The number of hydrogen-bond acceptors (Lipinski definition) is 8. The first-order valence-electron chi connectivity index (χ1n) is 12.0. The normalized spacial score (nSPS) is 19.7. The van der Waals surface area contributed by atoms with Gasteiger partial charge in [0.25, 0.3) is 0 Å². The molecule has 34 heavy (non-hydrogen) atoms. The number of ether oxygens (including phenoxy) is 3. The van der Waals surface area contributed by atoms with E-state index in [4.69, 9.17) is 24.8 Å². The number of rotatable bonds is 8. The maximum atomic E-state index is 6.40. The van der Waals surface area contributed by atoms with Gasteiger partial charge >= 0.3 is 0 Å². The van der Waals surface area contributed by atoms with E-state index in [1.54, 1.807) is 27.5 Å². The number of methoxy groups -OCH3 is 3. The maximum absolute atomic E-state index is 6.40. The van der Waals surface area contributed by atoms with Gasteiger partial charge in [-0.3, -0.25) is 0 Å². The van der Waals surface area contributed by atoms with Crippen LogP contribution in [0, 0.1) is 12.8 Å². The number of oxime groups is 1. The molecule has 0 spiro atoms. The van der Waals surface area contributed by atoms with Gasteiger partial charge < -0.3 is 29.7 Å². The van der Waals surface area contributed by atoms with Crippen LogP contribution in [0.3, 0.4) is 0 Å². The fourth-order valence-corrected chi connectivity index (χ4v) is 4.85. The number of benzene rings is 1. The minimum atomic E-state index is -0.704. The lowest BCUT2D eigenvalue weighted by Gasteiger charge is -2.41. The highest BCUT2D eigenvalue weighted by Gasteiger charge is 2.52. The molecule has 1 aliphatic carbocycles. The van der Waals surface area contributed by atoms with Gasteiger partial charge in [-0.25, -0.2) is 4.98 Å². The lowest BCUT2D eigenvalue weighted by atomic mass is 9.91. The van der Waals surface area contributed by atoms with Gasteiger partial charge in [-0.2, -0.15) is 0 Å². The van der Waals surface area contributed by atoms with Gasteiger partial charge in [-0.1, -0.05) is 31.8 Å². The van der Waals surface area contributed by atoms with Crippen molar-refractivity contribution in [3.63, 3.8) is 0 Å². The van der Waals surface area contributed by atoms with Crippen molar-refractivity contribution in [1.29, 1.82) is 0 Å². The Morgan fingerprint density at radius 1 is 1.09 bits per heavy atom. The standard InChI is InChI=1S/C24H32N4O4.C2H6/c1-16-11-18(13-26-23(16)31-4)22-27-32-24(15-25,19-7-5-6-8-19)28(22)14-17-9-10-20(29-2)12-21(17)30-3;1-2/h9-13,19H,5-8,14-15,25H2,1-4H3;1-2H3. The van der Waals surface area contributed by atoms with Crippen molar-refractivity contribution in [2.75, 3.05) is 27.9 Å². The van der Waals surface area contributed by atoms with Crippen LogP contribution in [0.2, 0.25) is 0 Å². The Balaban J connectivity index is 0.00000158. The summed E-state index contributed by atoms with van der Waals surface area (Å²) in [5.74, 6) is 3.10. The topological polar surface area (TPSA) is 91.4 Å². The van der Waals surface area contributed by atoms with Crippen molar-refractivity contribution in [3.8, 4) is 17.4 Å². The van der Waals surface area contributed by atoms with E-state index in [9.17, 15) is 0 Å². The summed E-state index contributed by atoms with van der Waals surface area (Å²) in [5.41, 5.74) is 8.49. The van der Waals surface area contributed by atoms with Crippen LogP contribution in [0.5, 0.6) is 17.4 Å². The summed E-state index contributed by atoms with van der Waals surface area (Å²) >= 11 is 0. The largest absolute Gasteiger partial charge is 0.497 e. The van der Waals surface area contributed by atoms with Crippen LogP contribution in [0.4, 0.5) is 0 Å². The molecule has 1 aliphatic heterocycles. The molecule has 8 nitrogen and oxygen atoms in total. The highest BCUT2D eigenvalue weighted by molar-refractivity contribution is 5.99. The Kier molecular flexibility index (Phi) is 8.61. The van der Waals surface area contributed by atoms with Crippen molar-refractivity contribution in [3.05, 3.63) is 47.2 Å². The highest BCUT2D eigenvalue weighted by atomic mass is 16.7. The fraction of sp³-hybridized carbons (Fsp3) is 0.538. The molecule has 0 amide bonds. The van der Waals surface area contributed by atoms with E-state index < -0.39 is 5.72 Å². The third-order valence-electron chi connectivity index (χ3n) is 6.59. The van der Waals surface area contributed by atoms with E-state index in [1.165, 1.54) is 12.8 Å². The molecule has 4 rings (SSSR count). The second-order valence-corrected chi connectivity index (χ2v) is 8.35. The lowest BCUT2D eigenvalue weighted by molar-refractivity contribution is -0.134. The van der Waals surface area contributed by atoms with Crippen LogP contribution in [0.25, 0.3) is 0 Å². The van der Waals surface area contributed by atoms with Crippen molar-refractivity contribution in [1.82, 2.24) is 9.88 Å². The SMILES string of the molecule is CC.COc1ccc(CN2C(c3cnc(OC)c(C)c3)=NOC2(CN)C2CCCC2)c(OC)c1. The predicted octanol–water partition coefficient (Wildman–Crippen LogP) is 4.48. The van der Waals surface area contributed by atoms with Crippen LogP contribution < -0.4 is 19.9 Å². The van der Waals surface area contributed by atoms with Gasteiger partial charge in [0.05, 0.1) is 34.4 Å². The van der Waals surface area contributed by atoms with Crippen molar-refractivity contribution in [2.45, 2.75) is 58.7 Å². The van der Waals surface area contributed by atoms with Gasteiger partial charge in [0, 0.05) is 34.9 Å². The fourth-order valence-electron chi connectivity index (χ4n) is 4.85. The number of amidine groups is 1. The number of pyridine rings is 1. The Morgan fingerprint density at radius 3 is 2.41 bits per heavy atom. The van der Waals surface area contributed by atoms with E-state index >= 15 is 0 Å². The molecular formula is C26H38N4O4.